The Hall–Kier alpha value is -3.68. The summed E-state index contributed by atoms with van der Waals surface area (Å²) in [6.07, 6.45) is -6.62. The monoisotopic (exact) mass is 672 g/mol. The zero-order chi connectivity index (χ0) is 34.8. The number of carbonyl (C=O) groups is 1. The van der Waals surface area contributed by atoms with E-state index in [1.165, 1.54) is 45.3 Å². The molecule has 47 heavy (non-hydrogen) atoms. The molecule has 2 heterocycles. The van der Waals surface area contributed by atoms with Crippen molar-refractivity contribution in [3.8, 4) is 34.8 Å². The molecular formula is C33H44N2O11Si. The highest BCUT2D eigenvalue weighted by Gasteiger charge is 2.46. The lowest BCUT2D eigenvalue weighted by Gasteiger charge is -2.40. The number of aliphatic hydroxyl groups excluding tert-OH is 4. The van der Waals surface area contributed by atoms with E-state index in [2.05, 4.69) is 16.9 Å². The average Bonchev–Trinajstić information content (AvgIpc) is 3.43. The molecule has 0 spiro atoms. The Kier molecular flexibility index (Phi) is 10.9. The molecule has 13 nitrogen and oxygen atoms in total. The van der Waals surface area contributed by atoms with Crippen molar-refractivity contribution < 1.29 is 53.7 Å². The molecule has 0 bridgehead atoms. The average molecular weight is 673 g/mol. The lowest BCUT2D eigenvalue weighted by Crippen LogP contribution is -2.56. The first-order valence-corrected chi connectivity index (χ1v) is 18.1. The van der Waals surface area contributed by atoms with Crippen LogP contribution < -0.4 is 18.9 Å². The summed E-state index contributed by atoms with van der Waals surface area (Å²) in [5.41, 5.74) is 0.692. The molecule has 3 aromatic rings. The highest BCUT2D eigenvalue weighted by Crippen LogP contribution is 2.41. The molecule has 2 unspecified atom stereocenters. The van der Waals surface area contributed by atoms with Crippen LogP contribution in [-0.2, 0) is 4.74 Å². The molecule has 0 radical (unpaired) electrons. The van der Waals surface area contributed by atoms with Gasteiger partial charge in [-0.25, -0.2) is 4.68 Å². The number of aliphatic hydroxyl groups is 4. The highest BCUT2D eigenvalue weighted by molar-refractivity contribution is 6.72. The van der Waals surface area contributed by atoms with Gasteiger partial charge in [0, 0.05) is 17.4 Å². The van der Waals surface area contributed by atoms with E-state index in [4.69, 9.17) is 23.7 Å². The number of ketones is 1. The van der Waals surface area contributed by atoms with Gasteiger partial charge in [0.15, 0.2) is 26.0 Å². The Balaban J connectivity index is 1.96. The number of methoxy groups -OCH3 is 4. The molecule has 1 aliphatic rings. The number of hydrogen-bond donors (Lipinski definition) is 5. The molecule has 4 rings (SSSR count). The van der Waals surface area contributed by atoms with Gasteiger partial charge >= 0.3 is 0 Å². The van der Waals surface area contributed by atoms with Crippen LogP contribution in [0.3, 0.4) is 0 Å². The number of hydrogen-bond acceptors (Lipinski definition) is 12. The van der Waals surface area contributed by atoms with Crippen LogP contribution in [-0.4, -0.2) is 109 Å². The van der Waals surface area contributed by atoms with Gasteiger partial charge in [-0.3, -0.25) is 4.79 Å². The maximum atomic E-state index is 14.2. The van der Waals surface area contributed by atoms with Crippen LogP contribution in [0.1, 0.15) is 54.5 Å². The summed E-state index contributed by atoms with van der Waals surface area (Å²) < 4.78 is 29.0. The second-order valence-electron chi connectivity index (χ2n) is 12.5. The third-order valence-corrected chi connectivity index (χ3v) is 12.6. The van der Waals surface area contributed by atoms with E-state index in [0.717, 1.165) is 0 Å². The first kappa shape index (κ1) is 36.2. The van der Waals surface area contributed by atoms with Crippen molar-refractivity contribution in [2.45, 2.75) is 75.5 Å². The van der Waals surface area contributed by atoms with E-state index in [1.807, 2.05) is 26.9 Å². The Morgan fingerprint density at radius 2 is 1.60 bits per heavy atom. The lowest BCUT2D eigenvalue weighted by atomic mass is 9.98. The van der Waals surface area contributed by atoms with Crippen molar-refractivity contribution in [1.82, 2.24) is 9.78 Å². The summed E-state index contributed by atoms with van der Waals surface area (Å²) >= 11 is 0. The van der Waals surface area contributed by atoms with Gasteiger partial charge in [0.05, 0.1) is 46.1 Å². The van der Waals surface area contributed by atoms with Crippen molar-refractivity contribution in [1.29, 1.82) is 0 Å². The van der Waals surface area contributed by atoms with Crippen LogP contribution in [0.4, 0.5) is 0 Å². The second-order valence-corrected chi connectivity index (χ2v) is 17.0. The van der Waals surface area contributed by atoms with Crippen LogP contribution in [0.25, 0.3) is 10.9 Å². The van der Waals surface area contributed by atoms with Crippen LogP contribution in [0.2, 0.25) is 18.1 Å². The molecule has 1 fully saturated rings. The number of rotatable bonds is 11. The molecule has 1 saturated heterocycles. The Labute approximate surface area is 274 Å². The van der Waals surface area contributed by atoms with E-state index in [-0.39, 0.29) is 33.3 Å². The topological polar surface area (TPSA) is 182 Å². The standard InChI is InChI=1S/C33H44N2O11Si/c1-33(2,47(7,8)41)14-10-9-11-19-21(42-3)13-12-20-25(27(37)18-15-22(43-4)31(45-6)23(16-18)44-5)34-35(26(19)20)32-30(40)29(39)28(38)24(17-36)46-32/h12-13,15-16,24,28-30,32,36,38-41H,10,14,17H2,1-8H3/t24?,28-,29?,30+,32-/m1/s1. The predicted molar refractivity (Wildman–Crippen MR) is 175 cm³/mol. The van der Waals surface area contributed by atoms with Gasteiger partial charge in [-0.1, -0.05) is 25.7 Å². The van der Waals surface area contributed by atoms with E-state index < -0.39 is 51.4 Å². The van der Waals surface area contributed by atoms with Crippen LogP contribution in [0.5, 0.6) is 23.0 Å². The summed E-state index contributed by atoms with van der Waals surface area (Å²) in [5, 5.41) is 46.7. The molecule has 14 heteroatoms. The van der Waals surface area contributed by atoms with E-state index in [9.17, 15) is 30.0 Å². The fraction of sp³-hybridized carbons (Fsp3) is 0.515. The summed E-state index contributed by atoms with van der Waals surface area (Å²) in [5.74, 6) is 6.90. The lowest BCUT2D eigenvalue weighted by molar-refractivity contribution is -0.252. The Bertz CT molecular complexity index is 1640. The quantitative estimate of drug-likeness (QED) is 0.114. The zero-order valence-electron chi connectivity index (χ0n) is 27.9. The number of aromatic nitrogens is 2. The SMILES string of the molecule is COc1cc(C(=O)c2nn([C@@H]3OC(CO)[C@@H](O)C(O)[C@@H]3O)c3c(C#CCCC(C)(C)[Si](C)(C)O)c(OC)ccc23)cc(OC)c1OC. The van der Waals surface area contributed by atoms with Crippen molar-refractivity contribution >= 4 is 25.0 Å². The van der Waals surface area contributed by atoms with Gasteiger partial charge in [-0.05, 0) is 48.8 Å². The predicted octanol–water partition coefficient (Wildman–Crippen LogP) is 2.38. The van der Waals surface area contributed by atoms with E-state index in [0.29, 0.717) is 35.3 Å². The molecule has 5 atom stereocenters. The van der Waals surface area contributed by atoms with Crippen molar-refractivity contribution in [2.75, 3.05) is 35.0 Å². The first-order chi connectivity index (χ1) is 22.1. The number of nitrogens with zero attached hydrogens (tertiary/aromatic N) is 2. The maximum Gasteiger partial charge on any atom is 0.214 e. The minimum Gasteiger partial charge on any atom is -0.495 e. The zero-order valence-corrected chi connectivity index (χ0v) is 28.9. The van der Waals surface area contributed by atoms with Crippen molar-refractivity contribution in [3.05, 3.63) is 41.1 Å². The van der Waals surface area contributed by atoms with Crippen molar-refractivity contribution in [2.24, 2.45) is 0 Å². The Morgan fingerprint density at radius 3 is 2.13 bits per heavy atom. The summed E-state index contributed by atoms with van der Waals surface area (Å²) in [4.78, 5) is 24.9. The summed E-state index contributed by atoms with van der Waals surface area (Å²) in [6, 6.07) is 6.24. The second kappa shape index (κ2) is 14.2. The summed E-state index contributed by atoms with van der Waals surface area (Å²) in [7, 11) is 3.29. The fourth-order valence-electron chi connectivity index (χ4n) is 5.32. The third kappa shape index (κ3) is 6.84. The molecule has 1 aromatic heterocycles. The largest absolute Gasteiger partial charge is 0.495 e. The van der Waals surface area contributed by atoms with Gasteiger partial charge in [0.2, 0.25) is 11.5 Å². The number of carbonyl (C=O) groups excluding carboxylic acids is 1. The number of benzene rings is 2. The maximum absolute atomic E-state index is 14.2. The molecule has 0 amide bonds. The van der Waals surface area contributed by atoms with E-state index in [1.54, 1.807) is 12.1 Å². The minimum absolute atomic E-state index is 0.0499. The molecule has 0 saturated carbocycles. The van der Waals surface area contributed by atoms with Gasteiger partial charge < -0.3 is 48.9 Å². The van der Waals surface area contributed by atoms with Crippen LogP contribution in [0.15, 0.2) is 24.3 Å². The molecule has 2 aromatic carbocycles. The normalized spacial score (nSPS) is 21.6. The molecule has 5 N–H and O–H groups in total. The molecular weight excluding hydrogens is 628 g/mol. The third-order valence-electron chi connectivity index (χ3n) is 9.05. The number of ether oxygens (including phenoxy) is 5. The summed E-state index contributed by atoms with van der Waals surface area (Å²) in [6.45, 7) is 7.13. The fourth-order valence-corrected chi connectivity index (χ4v) is 6.06. The van der Waals surface area contributed by atoms with E-state index >= 15 is 0 Å². The molecule has 0 aliphatic carbocycles. The van der Waals surface area contributed by atoms with Crippen molar-refractivity contribution in [3.63, 3.8) is 0 Å². The van der Waals surface area contributed by atoms with Gasteiger partial charge in [0.1, 0.15) is 35.9 Å². The molecule has 1 aliphatic heterocycles. The molecule has 256 valence electrons. The number of fused-ring (bicyclic) bond motifs is 1. The highest BCUT2D eigenvalue weighted by atomic mass is 28.4. The minimum atomic E-state index is -2.48. The van der Waals surface area contributed by atoms with Crippen LogP contribution >= 0.6 is 0 Å². The van der Waals surface area contributed by atoms with Crippen LogP contribution in [0, 0.1) is 11.8 Å². The van der Waals surface area contributed by atoms with Gasteiger partial charge in [0.25, 0.3) is 0 Å². The Morgan fingerprint density at radius 1 is 0.979 bits per heavy atom. The first-order valence-electron chi connectivity index (χ1n) is 15.1. The van der Waals surface area contributed by atoms with Gasteiger partial charge in [-0.15, -0.1) is 0 Å². The smallest absolute Gasteiger partial charge is 0.214 e. The van der Waals surface area contributed by atoms with Gasteiger partial charge in [-0.2, -0.15) is 5.10 Å².